The molecule has 0 bridgehead atoms. The molecule has 8 nitrogen and oxygen atoms in total. The van der Waals surface area contributed by atoms with E-state index in [0.29, 0.717) is 6.42 Å². The third kappa shape index (κ3) is 7.57. The molecule has 0 spiro atoms. The van der Waals surface area contributed by atoms with Gasteiger partial charge in [-0.25, -0.2) is 4.79 Å². The van der Waals surface area contributed by atoms with Gasteiger partial charge in [0.1, 0.15) is 5.57 Å². The Morgan fingerprint density at radius 3 is 1.97 bits per heavy atom. The number of hydrogen-bond acceptors (Lipinski definition) is 6. The molecule has 0 saturated heterocycles. The number of ether oxygens (including phenoxy) is 2. The van der Waals surface area contributed by atoms with Crippen molar-refractivity contribution in [1.82, 2.24) is 5.32 Å². The van der Waals surface area contributed by atoms with Crippen LogP contribution in [0.5, 0.6) is 0 Å². The molecule has 1 atom stereocenters. The summed E-state index contributed by atoms with van der Waals surface area (Å²) in [6, 6.07) is 0. The summed E-state index contributed by atoms with van der Waals surface area (Å²) < 4.78 is 142. The van der Waals surface area contributed by atoms with E-state index in [1.54, 1.807) is 12.2 Å². The highest BCUT2D eigenvalue weighted by molar-refractivity contribution is 7.86. The molecule has 0 saturated carbocycles. The summed E-state index contributed by atoms with van der Waals surface area (Å²) in [5.74, 6) is -10.0. The molecule has 1 unspecified atom stereocenters. The summed E-state index contributed by atoms with van der Waals surface area (Å²) in [4.78, 5) is 23.6. The van der Waals surface area contributed by atoms with Crippen molar-refractivity contribution in [3.05, 3.63) is 12.2 Å². The number of carbonyl (C=O) groups is 2. The maximum absolute atomic E-state index is 13.6. The van der Waals surface area contributed by atoms with Crippen molar-refractivity contribution in [3.8, 4) is 0 Å². The molecular formula is C14H17F8NO7S. The molecule has 0 aliphatic carbocycles. The summed E-state index contributed by atoms with van der Waals surface area (Å²) in [5.41, 5.74) is -2.48. The summed E-state index contributed by atoms with van der Waals surface area (Å²) in [6.07, 6.45) is -13.5. The maximum Gasteiger partial charge on any atom is 0.466 e. The van der Waals surface area contributed by atoms with E-state index in [0.717, 1.165) is 0 Å². The molecule has 0 aromatic heterocycles. The zero-order chi connectivity index (χ0) is 24.9. The lowest BCUT2D eigenvalue weighted by Gasteiger charge is -2.33. The van der Waals surface area contributed by atoms with Crippen molar-refractivity contribution >= 4 is 22.0 Å². The summed E-state index contributed by atoms with van der Waals surface area (Å²) in [5, 5.41) is -3.49. The Bertz CT molecular complexity index is 779. The number of hydrogen-bond donors (Lipinski definition) is 2. The fraction of sp³-hybridized carbons (Fsp3) is 0.714. The highest BCUT2D eigenvalue weighted by Gasteiger charge is 2.67. The van der Waals surface area contributed by atoms with Gasteiger partial charge in [0.05, 0.1) is 13.0 Å². The SMILES string of the molecule is C=C(C(=O)OC(OCCC(F)(F)S(=O)(=O)O)(C(=O)NCCCC)C(F)(F)F)C(F)(F)F. The van der Waals surface area contributed by atoms with Crippen LogP contribution in [-0.2, 0) is 29.2 Å². The molecule has 0 aliphatic heterocycles. The number of alkyl halides is 8. The van der Waals surface area contributed by atoms with E-state index < -0.39 is 70.5 Å². The highest BCUT2D eigenvalue weighted by atomic mass is 32.2. The minimum Gasteiger partial charge on any atom is -0.412 e. The summed E-state index contributed by atoms with van der Waals surface area (Å²) in [6.45, 7) is 1.23. The number of rotatable bonds is 11. The standard InChI is InChI=1S/C14H17F8NO7S/c1-3-4-6-23-10(25)12(14(20,21)22,30-9(24)8(2)13(17,18)19)29-7-5-11(15,16)31(26,27)28/h2-7H2,1H3,(H,23,25)(H,26,27,28). The van der Waals surface area contributed by atoms with E-state index in [1.807, 2.05) is 0 Å². The number of amides is 1. The fourth-order valence-electron chi connectivity index (χ4n) is 1.66. The average Bonchev–Trinajstić information content (AvgIpc) is 2.57. The van der Waals surface area contributed by atoms with Gasteiger partial charge >= 0.3 is 45.4 Å². The summed E-state index contributed by atoms with van der Waals surface area (Å²) >= 11 is 0. The predicted molar refractivity (Wildman–Crippen MR) is 85.1 cm³/mol. The smallest absolute Gasteiger partial charge is 0.412 e. The Morgan fingerprint density at radius 1 is 1.06 bits per heavy atom. The second-order valence-electron chi connectivity index (χ2n) is 5.80. The zero-order valence-corrected chi connectivity index (χ0v) is 16.4. The van der Waals surface area contributed by atoms with Crippen molar-refractivity contribution in [2.75, 3.05) is 13.2 Å². The molecule has 0 fully saturated rings. The lowest BCUT2D eigenvalue weighted by atomic mass is 10.2. The number of unbranched alkanes of at least 4 members (excludes halogenated alkanes) is 1. The Balaban J connectivity index is 6.06. The van der Waals surface area contributed by atoms with E-state index >= 15 is 0 Å². The van der Waals surface area contributed by atoms with Gasteiger partial charge in [-0.3, -0.25) is 9.35 Å². The summed E-state index contributed by atoms with van der Waals surface area (Å²) in [7, 11) is -6.12. The third-order valence-electron chi connectivity index (χ3n) is 3.39. The molecule has 0 rings (SSSR count). The van der Waals surface area contributed by atoms with Crippen LogP contribution in [0.15, 0.2) is 12.2 Å². The van der Waals surface area contributed by atoms with Crippen LogP contribution in [0.1, 0.15) is 26.2 Å². The Labute approximate surface area is 170 Å². The molecule has 31 heavy (non-hydrogen) atoms. The molecule has 0 aromatic rings. The van der Waals surface area contributed by atoms with Gasteiger partial charge < -0.3 is 14.8 Å². The van der Waals surface area contributed by atoms with Gasteiger partial charge in [0.25, 0.3) is 0 Å². The third-order valence-corrected chi connectivity index (χ3v) is 4.35. The van der Waals surface area contributed by atoms with Crippen LogP contribution < -0.4 is 5.32 Å². The number of halogens is 8. The van der Waals surface area contributed by atoms with Crippen molar-refractivity contribution < 1.29 is 67.2 Å². The second-order valence-corrected chi connectivity index (χ2v) is 7.35. The molecule has 2 N–H and O–H groups in total. The minimum atomic E-state index is -6.12. The van der Waals surface area contributed by atoms with Crippen LogP contribution in [0.4, 0.5) is 35.1 Å². The Morgan fingerprint density at radius 2 is 1.58 bits per heavy atom. The fourth-order valence-corrected chi connectivity index (χ4v) is 2.00. The van der Waals surface area contributed by atoms with Crippen LogP contribution in [-0.4, -0.2) is 61.4 Å². The lowest BCUT2D eigenvalue weighted by Crippen LogP contribution is -2.62. The molecular weight excluding hydrogens is 478 g/mol. The Kier molecular flexibility index (Phi) is 9.42. The van der Waals surface area contributed by atoms with Gasteiger partial charge in [-0.15, -0.1) is 0 Å². The lowest BCUT2D eigenvalue weighted by molar-refractivity contribution is -0.348. The number of carbonyl (C=O) groups excluding carboxylic acids is 2. The Hall–Kier alpha value is -2.01. The molecule has 0 heterocycles. The van der Waals surface area contributed by atoms with E-state index in [4.69, 9.17) is 4.55 Å². The molecule has 0 aromatic carbocycles. The minimum absolute atomic E-state index is 0.0592. The van der Waals surface area contributed by atoms with E-state index in [9.17, 15) is 53.1 Å². The topological polar surface area (TPSA) is 119 Å². The zero-order valence-electron chi connectivity index (χ0n) is 15.6. The van der Waals surface area contributed by atoms with Gasteiger partial charge in [-0.2, -0.15) is 43.5 Å². The quantitative estimate of drug-likeness (QED) is 0.113. The van der Waals surface area contributed by atoms with Crippen molar-refractivity contribution in [2.45, 2.75) is 49.6 Å². The van der Waals surface area contributed by atoms with Gasteiger partial charge in [0, 0.05) is 6.54 Å². The molecule has 0 radical (unpaired) electrons. The monoisotopic (exact) mass is 495 g/mol. The van der Waals surface area contributed by atoms with E-state index in [2.05, 4.69) is 16.1 Å². The highest BCUT2D eigenvalue weighted by Crippen LogP contribution is 2.38. The van der Waals surface area contributed by atoms with Crippen molar-refractivity contribution in [2.24, 2.45) is 0 Å². The van der Waals surface area contributed by atoms with E-state index in [1.165, 1.54) is 0 Å². The maximum atomic E-state index is 13.6. The second kappa shape index (κ2) is 10.1. The molecule has 1 amide bonds. The van der Waals surface area contributed by atoms with Gasteiger partial charge in [-0.1, -0.05) is 19.9 Å². The van der Waals surface area contributed by atoms with Crippen molar-refractivity contribution in [3.63, 3.8) is 0 Å². The van der Waals surface area contributed by atoms with Crippen LogP contribution in [0, 0.1) is 0 Å². The first kappa shape index (κ1) is 29.0. The normalized spacial score (nSPS) is 15.2. The van der Waals surface area contributed by atoms with Crippen LogP contribution in [0.25, 0.3) is 0 Å². The molecule has 0 aliphatic rings. The van der Waals surface area contributed by atoms with Gasteiger partial charge in [0.2, 0.25) is 0 Å². The number of esters is 1. The van der Waals surface area contributed by atoms with Crippen LogP contribution >= 0.6 is 0 Å². The van der Waals surface area contributed by atoms with Crippen LogP contribution in [0.2, 0.25) is 0 Å². The predicted octanol–water partition coefficient (Wildman–Crippen LogP) is 2.71. The van der Waals surface area contributed by atoms with Gasteiger partial charge in [-0.05, 0) is 6.42 Å². The first-order chi connectivity index (χ1) is 13.7. The van der Waals surface area contributed by atoms with Crippen LogP contribution in [0.3, 0.4) is 0 Å². The van der Waals surface area contributed by atoms with E-state index in [-0.39, 0.29) is 6.42 Å². The van der Waals surface area contributed by atoms with Crippen molar-refractivity contribution in [1.29, 1.82) is 0 Å². The first-order valence-electron chi connectivity index (χ1n) is 8.06. The number of nitrogens with one attached hydrogen (secondary N) is 1. The first-order valence-corrected chi connectivity index (χ1v) is 9.50. The average molecular weight is 495 g/mol. The molecule has 17 heteroatoms. The van der Waals surface area contributed by atoms with Gasteiger partial charge in [0.15, 0.2) is 0 Å². The molecule has 182 valence electrons. The largest absolute Gasteiger partial charge is 0.466 e.